The molecule has 0 heterocycles. The topological polar surface area (TPSA) is 55.4 Å². The summed E-state index contributed by atoms with van der Waals surface area (Å²) < 4.78 is 5.14. The van der Waals surface area contributed by atoms with Crippen molar-refractivity contribution in [2.24, 2.45) is 0 Å². The lowest BCUT2D eigenvalue weighted by atomic mass is 10.1. The SMILES string of the molecule is Cc1cccc(/C=C/C(=O)O[C@H](C)C(=O)Nc2cccc(Cl)c2C)c1. The third-order valence-corrected chi connectivity index (χ3v) is 4.05. The molecule has 0 bridgehead atoms. The van der Waals surface area contributed by atoms with E-state index in [1.807, 2.05) is 31.2 Å². The molecule has 2 rings (SSSR count). The highest BCUT2D eigenvalue weighted by atomic mass is 35.5. The van der Waals surface area contributed by atoms with Gasteiger partial charge in [-0.3, -0.25) is 4.79 Å². The van der Waals surface area contributed by atoms with E-state index in [0.29, 0.717) is 10.7 Å². The summed E-state index contributed by atoms with van der Waals surface area (Å²) in [5, 5.41) is 3.27. The van der Waals surface area contributed by atoms with Crippen LogP contribution in [0.1, 0.15) is 23.6 Å². The predicted molar refractivity (Wildman–Crippen MR) is 101 cm³/mol. The van der Waals surface area contributed by atoms with Gasteiger partial charge >= 0.3 is 5.97 Å². The number of esters is 1. The maximum Gasteiger partial charge on any atom is 0.331 e. The van der Waals surface area contributed by atoms with Crippen LogP contribution in [0, 0.1) is 13.8 Å². The molecule has 5 heteroatoms. The highest BCUT2D eigenvalue weighted by Gasteiger charge is 2.17. The lowest BCUT2D eigenvalue weighted by Crippen LogP contribution is -2.29. The first-order valence-corrected chi connectivity index (χ1v) is 8.26. The molecule has 0 aromatic heterocycles. The molecule has 130 valence electrons. The van der Waals surface area contributed by atoms with Crippen LogP contribution in [-0.2, 0) is 14.3 Å². The minimum absolute atomic E-state index is 0.414. The molecular weight excluding hydrogens is 338 g/mol. The van der Waals surface area contributed by atoms with Crippen molar-refractivity contribution in [1.29, 1.82) is 0 Å². The molecular formula is C20H20ClNO3. The molecule has 25 heavy (non-hydrogen) atoms. The average molecular weight is 358 g/mol. The van der Waals surface area contributed by atoms with Crippen LogP contribution in [0.15, 0.2) is 48.5 Å². The van der Waals surface area contributed by atoms with Gasteiger partial charge in [0.25, 0.3) is 5.91 Å². The molecule has 2 aromatic carbocycles. The summed E-state index contributed by atoms with van der Waals surface area (Å²) in [5.74, 6) is -0.991. The minimum atomic E-state index is -0.923. The molecule has 0 fully saturated rings. The van der Waals surface area contributed by atoms with E-state index in [2.05, 4.69) is 5.32 Å². The van der Waals surface area contributed by atoms with E-state index in [0.717, 1.165) is 16.7 Å². The third-order valence-electron chi connectivity index (χ3n) is 3.64. The van der Waals surface area contributed by atoms with Crippen molar-refractivity contribution in [1.82, 2.24) is 0 Å². The number of carbonyl (C=O) groups excluding carboxylic acids is 2. The van der Waals surface area contributed by atoms with Crippen molar-refractivity contribution >= 4 is 35.2 Å². The van der Waals surface area contributed by atoms with Crippen molar-refractivity contribution in [3.8, 4) is 0 Å². The highest BCUT2D eigenvalue weighted by molar-refractivity contribution is 6.31. The van der Waals surface area contributed by atoms with Crippen molar-refractivity contribution in [3.05, 3.63) is 70.3 Å². The molecule has 0 radical (unpaired) electrons. The number of anilines is 1. The van der Waals surface area contributed by atoms with Gasteiger partial charge in [0.05, 0.1) is 0 Å². The molecule has 0 saturated carbocycles. The van der Waals surface area contributed by atoms with Crippen molar-refractivity contribution < 1.29 is 14.3 Å². The average Bonchev–Trinajstić information content (AvgIpc) is 2.57. The van der Waals surface area contributed by atoms with Crippen LogP contribution in [0.2, 0.25) is 5.02 Å². The van der Waals surface area contributed by atoms with Crippen molar-refractivity contribution in [2.45, 2.75) is 26.9 Å². The normalized spacial score (nSPS) is 12.0. The number of amides is 1. The Balaban J connectivity index is 1.94. The number of nitrogens with one attached hydrogen (secondary N) is 1. The number of aryl methyl sites for hydroxylation is 1. The lowest BCUT2D eigenvalue weighted by Gasteiger charge is -2.14. The van der Waals surface area contributed by atoms with E-state index in [-0.39, 0.29) is 0 Å². The Morgan fingerprint density at radius 1 is 1.16 bits per heavy atom. The quantitative estimate of drug-likeness (QED) is 0.631. The van der Waals surface area contributed by atoms with Gasteiger partial charge in [-0.15, -0.1) is 0 Å². The second kappa shape index (κ2) is 8.49. The number of ether oxygens (including phenoxy) is 1. The molecule has 0 saturated heterocycles. The minimum Gasteiger partial charge on any atom is -0.449 e. The first kappa shape index (κ1) is 18.7. The first-order chi connectivity index (χ1) is 11.9. The van der Waals surface area contributed by atoms with E-state index < -0.39 is 18.0 Å². The molecule has 0 aliphatic carbocycles. The van der Waals surface area contributed by atoms with Crippen LogP contribution < -0.4 is 5.32 Å². The first-order valence-electron chi connectivity index (χ1n) is 7.88. The standard InChI is InChI=1S/C20H20ClNO3/c1-13-6-4-7-16(12-13)10-11-19(23)25-15(3)20(24)22-18-9-5-8-17(21)14(18)2/h4-12,15H,1-3H3,(H,22,24)/b11-10+/t15-/m1/s1. The maximum absolute atomic E-state index is 12.2. The molecule has 0 aliphatic rings. The van der Waals surface area contributed by atoms with Crippen molar-refractivity contribution in [3.63, 3.8) is 0 Å². The van der Waals surface area contributed by atoms with Crippen LogP contribution >= 0.6 is 11.6 Å². The summed E-state index contributed by atoms with van der Waals surface area (Å²) in [5.41, 5.74) is 3.34. The van der Waals surface area contributed by atoms with Crippen molar-refractivity contribution in [2.75, 3.05) is 5.32 Å². The van der Waals surface area contributed by atoms with Gasteiger partial charge in [-0.25, -0.2) is 4.79 Å². The summed E-state index contributed by atoms with van der Waals surface area (Å²) in [6.45, 7) is 5.30. The van der Waals surface area contributed by atoms with Crippen LogP contribution in [0.4, 0.5) is 5.69 Å². The second-order valence-electron chi connectivity index (χ2n) is 5.73. The number of rotatable bonds is 5. The maximum atomic E-state index is 12.2. The smallest absolute Gasteiger partial charge is 0.331 e. The van der Waals surface area contributed by atoms with Crippen LogP contribution in [0.3, 0.4) is 0 Å². The van der Waals surface area contributed by atoms with Gasteiger partial charge < -0.3 is 10.1 Å². The predicted octanol–water partition coefficient (Wildman–Crippen LogP) is 4.54. The fraction of sp³-hybridized carbons (Fsp3) is 0.200. The van der Waals surface area contributed by atoms with Gasteiger partial charge in [0.2, 0.25) is 0 Å². The number of hydrogen-bond acceptors (Lipinski definition) is 3. The Morgan fingerprint density at radius 3 is 2.60 bits per heavy atom. The monoisotopic (exact) mass is 357 g/mol. The molecule has 1 amide bonds. The van der Waals surface area contributed by atoms with Gasteiger partial charge in [0, 0.05) is 16.8 Å². The number of halogens is 1. The Kier molecular flexibility index (Phi) is 6.37. The lowest BCUT2D eigenvalue weighted by molar-refractivity contribution is -0.148. The Hall–Kier alpha value is -2.59. The zero-order valence-electron chi connectivity index (χ0n) is 14.4. The molecule has 2 aromatic rings. The molecule has 4 nitrogen and oxygen atoms in total. The fourth-order valence-electron chi connectivity index (χ4n) is 2.18. The number of hydrogen-bond donors (Lipinski definition) is 1. The van der Waals surface area contributed by atoms with E-state index in [9.17, 15) is 9.59 Å². The van der Waals surface area contributed by atoms with Crippen LogP contribution in [-0.4, -0.2) is 18.0 Å². The van der Waals surface area contributed by atoms with Gasteiger partial charge in [0.15, 0.2) is 6.10 Å². The van der Waals surface area contributed by atoms with E-state index >= 15 is 0 Å². The van der Waals surface area contributed by atoms with Crippen LogP contribution in [0.5, 0.6) is 0 Å². The zero-order valence-corrected chi connectivity index (χ0v) is 15.1. The summed E-state index contributed by atoms with van der Waals surface area (Å²) >= 11 is 6.03. The van der Waals surface area contributed by atoms with Gasteiger partial charge in [-0.1, -0.05) is 47.5 Å². The largest absolute Gasteiger partial charge is 0.449 e. The van der Waals surface area contributed by atoms with Gasteiger partial charge in [-0.2, -0.15) is 0 Å². The number of carbonyl (C=O) groups is 2. The zero-order chi connectivity index (χ0) is 18.4. The van der Waals surface area contributed by atoms with E-state index in [1.165, 1.54) is 13.0 Å². The van der Waals surface area contributed by atoms with Gasteiger partial charge in [-0.05, 0) is 50.1 Å². The summed E-state index contributed by atoms with van der Waals surface area (Å²) in [6, 6.07) is 12.9. The summed E-state index contributed by atoms with van der Waals surface area (Å²) in [7, 11) is 0. The van der Waals surface area contributed by atoms with E-state index in [4.69, 9.17) is 16.3 Å². The summed E-state index contributed by atoms with van der Waals surface area (Å²) in [4.78, 5) is 24.1. The van der Waals surface area contributed by atoms with E-state index in [1.54, 1.807) is 31.2 Å². The van der Waals surface area contributed by atoms with Gasteiger partial charge in [0.1, 0.15) is 0 Å². The highest BCUT2D eigenvalue weighted by Crippen LogP contribution is 2.23. The Labute approximate surface area is 152 Å². The molecule has 1 N–H and O–H groups in total. The van der Waals surface area contributed by atoms with Crippen LogP contribution in [0.25, 0.3) is 6.08 Å². The molecule has 0 unspecified atom stereocenters. The number of benzene rings is 2. The Bertz CT molecular complexity index is 814. The second-order valence-corrected chi connectivity index (χ2v) is 6.14. The third kappa shape index (κ3) is 5.47. The molecule has 1 atom stereocenters. The molecule has 0 spiro atoms. The fourth-order valence-corrected chi connectivity index (χ4v) is 2.36. The summed E-state index contributed by atoms with van der Waals surface area (Å²) in [6.07, 6.45) is 2.04. The molecule has 0 aliphatic heterocycles. The Morgan fingerprint density at radius 2 is 1.88 bits per heavy atom.